The lowest BCUT2D eigenvalue weighted by Crippen LogP contribution is -2.41. The van der Waals surface area contributed by atoms with Gasteiger partial charge in [0.25, 0.3) is 0 Å². The van der Waals surface area contributed by atoms with E-state index in [1.807, 2.05) is 0 Å². The van der Waals surface area contributed by atoms with Gasteiger partial charge in [-0.05, 0) is 31.2 Å². The van der Waals surface area contributed by atoms with Gasteiger partial charge in [0.05, 0.1) is 0 Å². The van der Waals surface area contributed by atoms with Crippen molar-refractivity contribution in [1.82, 2.24) is 0 Å². The van der Waals surface area contributed by atoms with Crippen LogP contribution in [0.25, 0.3) is 0 Å². The molecule has 0 aromatic heterocycles. The first-order chi connectivity index (χ1) is 9.83. The molecule has 3 nitrogen and oxygen atoms in total. The Kier molecular flexibility index (Phi) is 4.14. The molecule has 0 radical (unpaired) electrons. The quantitative estimate of drug-likeness (QED) is 0.896. The number of anilines is 1. The summed E-state index contributed by atoms with van der Waals surface area (Å²) in [5.41, 5.74) is -1.52. The zero-order chi connectivity index (χ0) is 15.6. The summed E-state index contributed by atoms with van der Waals surface area (Å²) in [7, 11) is 0. The third-order valence-electron chi connectivity index (χ3n) is 3.12. The average molecular weight is 312 g/mol. The summed E-state index contributed by atoms with van der Waals surface area (Å²) in [6.45, 7) is 1.30. The summed E-state index contributed by atoms with van der Waals surface area (Å²) in [6, 6.07) is 9.15. The number of hydrogen-bond donors (Lipinski definition) is 2. The number of benzene rings is 2. The Morgan fingerprint density at radius 3 is 2.52 bits per heavy atom. The van der Waals surface area contributed by atoms with E-state index in [0.29, 0.717) is 16.8 Å². The van der Waals surface area contributed by atoms with Gasteiger partial charge in [-0.1, -0.05) is 23.7 Å². The van der Waals surface area contributed by atoms with E-state index in [9.17, 15) is 18.7 Å². The number of aliphatic carboxylic acids is 1. The molecule has 0 saturated carbocycles. The molecule has 2 aromatic rings. The second kappa shape index (κ2) is 5.69. The van der Waals surface area contributed by atoms with Crippen LogP contribution in [0.1, 0.15) is 12.5 Å². The molecule has 0 fully saturated rings. The van der Waals surface area contributed by atoms with E-state index in [4.69, 9.17) is 11.6 Å². The second-order valence-electron chi connectivity index (χ2n) is 4.69. The molecule has 1 unspecified atom stereocenters. The zero-order valence-electron chi connectivity index (χ0n) is 11.0. The van der Waals surface area contributed by atoms with Gasteiger partial charge in [0.2, 0.25) is 0 Å². The van der Waals surface area contributed by atoms with Crippen LogP contribution < -0.4 is 5.32 Å². The Balaban J connectivity index is 2.48. The Morgan fingerprint density at radius 1 is 1.24 bits per heavy atom. The molecule has 6 heteroatoms. The van der Waals surface area contributed by atoms with E-state index in [0.717, 1.165) is 12.1 Å². The summed E-state index contributed by atoms with van der Waals surface area (Å²) in [5, 5.41) is 12.6. The molecule has 0 aliphatic rings. The highest BCUT2D eigenvalue weighted by Crippen LogP contribution is 2.30. The van der Waals surface area contributed by atoms with Crippen molar-refractivity contribution in [2.24, 2.45) is 0 Å². The molecule has 0 saturated heterocycles. The Bertz CT molecular complexity index is 693. The number of halogens is 3. The molecule has 0 spiro atoms. The number of carboxylic acids is 1. The molecule has 0 aliphatic heterocycles. The van der Waals surface area contributed by atoms with Crippen LogP contribution in [0.4, 0.5) is 14.5 Å². The van der Waals surface area contributed by atoms with Crippen molar-refractivity contribution in [2.45, 2.75) is 12.5 Å². The van der Waals surface area contributed by atoms with Crippen LogP contribution in [-0.2, 0) is 10.3 Å². The number of carboxylic acid groups (broad SMARTS) is 1. The van der Waals surface area contributed by atoms with Crippen molar-refractivity contribution < 1.29 is 18.7 Å². The van der Waals surface area contributed by atoms with Gasteiger partial charge in [0, 0.05) is 22.3 Å². The lowest BCUT2D eigenvalue weighted by molar-refractivity contribution is -0.142. The van der Waals surface area contributed by atoms with E-state index >= 15 is 0 Å². The maximum atomic E-state index is 13.9. The highest BCUT2D eigenvalue weighted by atomic mass is 35.5. The molecule has 110 valence electrons. The highest BCUT2D eigenvalue weighted by molar-refractivity contribution is 6.30. The van der Waals surface area contributed by atoms with Crippen molar-refractivity contribution in [1.29, 1.82) is 0 Å². The predicted octanol–water partition coefficient (Wildman–Crippen LogP) is 4.03. The van der Waals surface area contributed by atoms with Crippen molar-refractivity contribution in [3.05, 3.63) is 64.7 Å². The lowest BCUT2D eigenvalue weighted by atomic mass is 9.91. The van der Waals surface area contributed by atoms with E-state index in [1.165, 1.54) is 13.0 Å². The smallest absolute Gasteiger partial charge is 0.333 e. The van der Waals surface area contributed by atoms with Crippen LogP contribution in [0, 0.1) is 11.6 Å². The van der Waals surface area contributed by atoms with Crippen LogP contribution in [0.5, 0.6) is 0 Å². The summed E-state index contributed by atoms with van der Waals surface area (Å²) >= 11 is 5.84. The maximum Gasteiger partial charge on any atom is 0.333 e. The molecule has 0 bridgehead atoms. The molecule has 1 atom stereocenters. The van der Waals surface area contributed by atoms with Gasteiger partial charge in [0.1, 0.15) is 11.6 Å². The first kappa shape index (κ1) is 15.3. The van der Waals surface area contributed by atoms with Gasteiger partial charge in [-0.2, -0.15) is 0 Å². The lowest BCUT2D eigenvalue weighted by Gasteiger charge is -2.28. The number of hydrogen-bond acceptors (Lipinski definition) is 2. The number of rotatable bonds is 4. The van der Waals surface area contributed by atoms with Crippen LogP contribution in [-0.4, -0.2) is 11.1 Å². The molecular formula is C15H12ClF2NO2. The van der Waals surface area contributed by atoms with Crippen molar-refractivity contribution in [2.75, 3.05) is 5.32 Å². The fraction of sp³-hybridized carbons (Fsp3) is 0.133. The molecule has 0 aliphatic carbocycles. The molecule has 2 aromatic carbocycles. The van der Waals surface area contributed by atoms with Crippen LogP contribution in [0.2, 0.25) is 5.02 Å². The molecular weight excluding hydrogens is 300 g/mol. The Morgan fingerprint density at radius 2 is 1.95 bits per heavy atom. The average Bonchev–Trinajstić information content (AvgIpc) is 2.38. The first-order valence-corrected chi connectivity index (χ1v) is 6.43. The molecule has 2 N–H and O–H groups in total. The molecule has 21 heavy (non-hydrogen) atoms. The summed E-state index contributed by atoms with van der Waals surface area (Å²) in [4.78, 5) is 11.6. The first-order valence-electron chi connectivity index (χ1n) is 6.05. The summed E-state index contributed by atoms with van der Waals surface area (Å²) in [5.74, 6) is -3.01. The predicted molar refractivity (Wildman–Crippen MR) is 76.4 cm³/mol. The van der Waals surface area contributed by atoms with Gasteiger partial charge in [0.15, 0.2) is 5.54 Å². The van der Waals surface area contributed by atoms with Crippen LogP contribution in [0.3, 0.4) is 0 Å². The van der Waals surface area contributed by atoms with E-state index < -0.39 is 23.1 Å². The van der Waals surface area contributed by atoms with Crippen molar-refractivity contribution >= 4 is 23.3 Å². The molecule has 0 amide bonds. The van der Waals surface area contributed by atoms with Crippen LogP contribution in [0.15, 0.2) is 42.5 Å². The fourth-order valence-electron chi connectivity index (χ4n) is 1.99. The second-order valence-corrected chi connectivity index (χ2v) is 5.13. The third-order valence-corrected chi connectivity index (χ3v) is 3.35. The minimum Gasteiger partial charge on any atom is -0.479 e. The fourth-order valence-corrected chi connectivity index (χ4v) is 2.18. The van der Waals surface area contributed by atoms with Crippen LogP contribution >= 0.6 is 11.6 Å². The van der Waals surface area contributed by atoms with Gasteiger partial charge >= 0.3 is 5.97 Å². The maximum absolute atomic E-state index is 13.9. The van der Waals surface area contributed by atoms with Gasteiger partial charge in [-0.15, -0.1) is 0 Å². The van der Waals surface area contributed by atoms with E-state index in [1.54, 1.807) is 18.2 Å². The number of carbonyl (C=O) groups is 1. The van der Waals surface area contributed by atoms with Gasteiger partial charge < -0.3 is 10.4 Å². The van der Waals surface area contributed by atoms with Gasteiger partial charge in [-0.25, -0.2) is 13.6 Å². The zero-order valence-corrected chi connectivity index (χ0v) is 11.8. The summed E-state index contributed by atoms with van der Waals surface area (Å²) in [6.07, 6.45) is 0. The summed E-state index contributed by atoms with van der Waals surface area (Å²) < 4.78 is 26.9. The Hall–Kier alpha value is -2.14. The SMILES string of the molecule is CC(Nc1cccc(Cl)c1)(C(=O)O)c1ccc(F)cc1F. The van der Waals surface area contributed by atoms with E-state index in [-0.39, 0.29) is 5.56 Å². The normalized spacial score (nSPS) is 13.5. The molecule has 2 rings (SSSR count). The van der Waals surface area contributed by atoms with Gasteiger partial charge in [-0.3, -0.25) is 0 Å². The minimum absolute atomic E-state index is 0.170. The van der Waals surface area contributed by atoms with Crippen molar-refractivity contribution in [3.8, 4) is 0 Å². The Labute approximate surface area is 125 Å². The number of nitrogens with one attached hydrogen (secondary N) is 1. The monoisotopic (exact) mass is 311 g/mol. The minimum atomic E-state index is -1.76. The van der Waals surface area contributed by atoms with E-state index in [2.05, 4.69) is 5.32 Å². The highest BCUT2D eigenvalue weighted by Gasteiger charge is 2.37. The largest absolute Gasteiger partial charge is 0.479 e. The van der Waals surface area contributed by atoms with Crippen molar-refractivity contribution in [3.63, 3.8) is 0 Å². The molecule has 0 heterocycles. The topological polar surface area (TPSA) is 49.3 Å². The standard InChI is InChI=1S/C15H12ClF2NO2/c1-15(14(20)21,12-6-5-10(17)8-13(12)18)19-11-4-2-3-9(16)7-11/h2-8,19H,1H3,(H,20,21). The third kappa shape index (κ3) is 3.13.